The number of carbonyl (C=O) groups is 2. The fourth-order valence-electron chi connectivity index (χ4n) is 2.69. The van der Waals surface area contributed by atoms with Gasteiger partial charge in [0.05, 0.1) is 17.7 Å². The maximum absolute atomic E-state index is 12.2. The highest BCUT2D eigenvalue weighted by molar-refractivity contribution is 8.27. The maximum Gasteiger partial charge on any atom is 0.266 e. The third-order valence-electron chi connectivity index (χ3n) is 3.89. The van der Waals surface area contributed by atoms with Gasteiger partial charge in [-0.2, -0.15) is 4.21 Å². The molecular weight excluding hydrogens is 350 g/mol. The summed E-state index contributed by atoms with van der Waals surface area (Å²) in [7, 11) is -3.50. The van der Waals surface area contributed by atoms with E-state index in [-0.39, 0.29) is 18.4 Å². The molecule has 1 aliphatic heterocycles. The molecule has 1 unspecified atom stereocenters. The van der Waals surface area contributed by atoms with Crippen molar-refractivity contribution in [2.75, 3.05) is 13.2 Å². The molecule has 2 rings (SSSR count). The molecule has 132 valence electrons. The predicted octanol–water partition coefficient (Wildman–Crippen LogP) is 2.77. The first kappa shape index (κ1) is 19.0. The number of imide groups is 1. The van der Waals surface area contributed by atoms with Gasteiger partial charge in [0.25, 0.3) is 20.9 Å². The number of amides is 2. The van der Waals surface area contributed by atoms with E-state index in [1.165, 1.54) is 4.90 Å². The summed E-state index contributed by atoms with van der Waals surface area (Å²) in [5, 5.41) is 0. The highest BCUT2D eigenvalue weighted by Gasteiger charge is 2.34. The summed E-state index contributed by atoms with van der Waals surface area (Å²) in [6.45, 7) is 0.631. The Labute approximate surface area is 146 Å². The van der Waals surface area contributed by atoms with Crippen LogP contribution in [0.2, 0.25) is 0 Å². The topological polar surface area (TPSA) is 83.9 Å². The summed E-state index contributed by atoms with van der Waals surface area (Å²) < 4.78 is 24.1. The van der Waals surface area contributed by atoms with Crippen LogP contribution in [-0.4, -0.2) is 38.6 Å². The molecule has 1 atom stereocenters. The Morgan fingerprint density at radius 1 is 0.958 bits per heavy atom. The summed E-state index contributed by atoms with van der Waals surface area (Å²) in [6, 6.07) is 6.90. The fraction of sp³-hybridized carbons (Fsp3) is 0.500. The number of nitrogens with zero attached hydrogens (tertiary/aromatic N) is 1. The summed E-state index contributed by atoms with van der Waals surface area (Å²) >= 11 is 4.22. The van der Waals surface area contributed by atoms with E-state index in [4.69, 9.17) is 4.55 Å². The Bertz CT molecular complexity index is 667. The van der Waals surface area contributed by atoms with Crippen LogP contribution in [0.5, 0.6) is 0 Å². The Morgan fingerprint density at radius 2 is 1.46 bits per heavy atom. The summed E-state index contributed by atoms with van der Waals surface area (Å²) in [4.78, 5) is 25.6. The maximum atomic E-state index is 12.2. The summed E-state index contributed by atoms with van der Waals surface area (Å²) in [6.07, 6.45) is 5.22. The molecule has 2 amide bonds. The molecule has 1 aromatic rings. The van der Waals surface area contributed by atoms with E-state index in [1.54, 1.807) is 24.3 Å². The van der Waals surface area contributed by atoms with Crippen molar-refractivity contribution in [3.05, 3.63) is 35.4 Å². The van der Waals surface area contributed by atoms with Crippen molar-refractivity contribution in [1.82, 2.24) is 4.90 Å². The molecule has 0 saturated carbocycles. The zero-order chi connectivity index (χ0) is 17.6. The van der Waals surface area contributed by atoms with E-state index in [0.717, 1.165) is 32.1 Å². The number of hydrogen-bond acceptors (Lipinski definition) is 5. The number of benzene rings is 1. The molecule has 1 heterocycles. The summed E-state index contributed by atoms with van der Waals surface area (Å²) in [5.74, 6) is -0.409. The second-order valence-corrected chi connectivity index (χ2v) is 8.03. The van der Waals surface area contributed by atoms with E-state index in [0.29, 0.717) is 24.1 Å². The Kier molecular flexibility index (Phi) is 6.85. The third-order valence-corrected chi connectivity index (χ3v) is 4.64. The molecule has 8 heteroatoms. The van der Waals surface area contributed by atoms with E-state index in [2.05, 4.69) is 15.4 Å². The van der Waals surface area contributed by atoms with Crippen LogP contribution >= 0.6 is 0 Å². The van der Waals surface area contributed by atoms with Crippen molar-refractivity contribution in [3.63, 3.8) is 0 Å². The Morgan fingerprint density at radius 3 is 2.00 bits per heavy atom. The van der Waals surface area contributed by atoms with Crippen LogP contribution < -0.4 is 0 Å². The lowest BCUT2D eigenvalue weighted by Crippen LogP contribution is -2.30. The molecule has 0 spiro atoms. The van der Waals surface area contributed by atoms with Crippen molar-refractivity contribution in [1.29, 1.82) is 0 Å². The average Bonchev–Trinajstić information content (AvgIpc) is 2.77. The van der Waals surface area contributed by atoms with Crippen LogP contribution in [0.15, 0.2) is 24.3 Å². The van der Waals surface area contributed by atoms with Gasteiger partial charge in [-0.3, -0.25) is 23.2 Å². The summed E-state index contributed by atoms with van der Waals surface area (Å²) in [5.41, 5.74) is 0.981. The quantitative estimate of drug-likeness (QED) is 0.503. The molecule has 24 heavy (non-hydrogen) atoms. The van der Waals surface area contributed by atoms with E-state index in [1.807, 2.05) is 0 Å². The fourth-order valence-corrected chi connectivity index (χ4v) is 3.22. The van der Waals surface area contributed by atoms with E-state index in [9.17, 15) is 13.8 Å². The van der Waals surface area contributed by atoms with Crippen LogP contribution in [0.3, 0.4) is 0 Å². The van der Waals surface area contributed by atoms with Gasteiger partial charge >= 0.3 is 0 Å². The highest BCUT2D eigenvalue weighted by Crippen LogP contribution is 2.22. The van der Waals surface area contributed by atoms with Gasteiger partial charge in [0.1, 0.15) is 0 Å². The third kappa shape index (κ3) is 5.34. The van der Waals surface area contributed by atoms with Crippen LogP contribution in [-0.2, 0) is 24.4 Å². The first-order chi connectivity index (χ1) is 11.4. The number of hydrogen-bond donors (Lipinski definition) is 1. The van der Waals surface area contributed by atoms with Gasteiger partial charge in [-0.25, -0.2) is 0 Å². The monoisotopic (exact) mass is 371 g/mol. The van der Waals surface area contributed by atoms with Crippen molar-refractivity contribution in [3.8, 4) is 0 Å². The molecule has 0 bridgehead atoms. The minimum absolute atomic E-state index is 0.188. The SMILES string of the molecule is O=C1c2ccccc2C(=O)N1CCCCCCCCOS(=O)(O)=S. The smallest absolute Gasteiger partial charge is 0.266 e. The largest absolute Gasteiger partial charge is 0.285 e. The van der Waals surface area contributed by atoms with E-state index < -0.39 is 9.05 Å². The Hall–Kier alpha value is -1.35. The molecule has 6 nitrogen and oxygen atoms in total. The second-order valence-electron chi connectivity index (χ2n) is 5.68. The zero-order valence-corrected chi connectivity index (χ0v) is 14.9. The zero-order valence-electron chi connectivity index (χ0n) is 13.3. The molecule has 0 fully saturated rings. The molecule has 1 aliphatic rings. The molecule has 1 N–H and O–H groups in total. The number of unbranched alkanes of at least 4 members (excludes halogenated alkanes) is 5. The van der Waals surface area contributed by atoms with Crippen LogP contribution in [0.1, 0.15) is 59.2 Å². The first-order valence-corrected chi connectivity index (χ1v) is 10.3. The van der Waals surface area contributed by atoms with Crippen molar-refractivity contribution in [2.45, 2.75) is 38.5 Å². The minimum atomic E-state index is -3.50. The molecular formula is C16H21NO5S2. The van der Waals surface area contributed by atoms with Gasteiger partial charge in [-0.1, -0.05) is 37.8 Å². The van der Waals surface area contributed by atoms with Crippen molar-refractivity contribution >= 4 is 32.1 Å². The lowest BCUT2D eigenvalue weighted by molar-refractivity contribution is 0.0651. The second kappa shape index (κ2) is 8.66. The molecule has 1 aromatic carbocycles. The highest BCUT2D eigenvalue weighted by atomic mass is 32.9. The van der Waals surface area contributed by atoms with Gasteiger partial charge in [0, 0.05) is 17.7 Å². The van der Waals surface area contributed by atoms with Gasteiger partial charge in [0.2, 0.25) is 0 Å². The molecule has 0 aromatic heterocycles. The molecule has 0 radical (unpaired) electrons. The first-order valence-electron chi connectivity index (χ1n) is 7.97. The predicted molar refractivity (Wildman–Crippen MR) is 93.6 cm³/mol. The number of carbonyl (C=O) groups excluding carboxylic acids is 2. The van der Waals surface area contributed by atoms with Crippen LogP contribution in [0.4, 0.5) is 0 Å². The van der Waals surface area contributed by atoms with Crippen molar-refractivity contribution in [2.24, 2.45) is 0 Å². The van der Waals surface area contributed by atoms with Gasteiger partial charge < -0.3 is 0 Å². The number of rotatable bonds is 10. The minimum Gasteiger partial charge on any atom is -0.285 e. The van der Waals surface area contributed by atoms with Gasteiger partial charge in [-0.15, -0.1) is 0 Å². The van der Waals surface area contributed by atoms with Gasteiger partial charge in [-0.05, 0) is 25.0 Å². The van der Waals surface area contributed by atoms with Gasteiger partial charge in [0.15, 0.2) is 0 Å². The number of fused-ring (bicyclic) bond motifs is 1. The Balaban J connectivity index is 1.59. The standard InChI is InChI=1S/C16H21NO5S2/c18-15-13-9-5-6-10-14(13)16(19)17(15)11-7-3-1-2-4-8-12-22-24(20,21)23/h5-6,9-10H,1-4,7-8,11-12H2,(H,20,21,23). The normalized spacial score (nSPS) is 16.3. The lowest BCUT2D eigenvalue weighted by Gasteiger charge is -2.13. The van der Waals surface area contributed by atoms with Crippen molar-refractivity contribution < 1.29 is 22.5 Å². The lowest BCUT2D eigenvalue weighted by atomic mass is 10.1. The average molecular weight is 371 g/mol. The molecule has 0 saturated heterocycles. The van der Waals surface area contributed by atoms with E-state index >= 15 is 0 Å². The van der Waals surface area contributed by atoms with Crippen LogP contribution in [0, 0.1) is 0 Å². The van der Waals surface area contributed by atoms with Crippen LogP contribution in [0.25, 0.3) is 0 Å². The molecule has 0 aliphatic carbocycles.